The highest BCUT2D eigenvalue weighted by atomic mass is 35.5. The number of benzene rings is 1. The van der Waals surface area contributed by atoms with Crippen molar-refractivity contribution in [2.24, 2.45) is 0 Å². The van der Waals surface area contributed by atoms with Gasteiger partial charge in [0.1, 0.15) is 11.9 Å². The Morgan fingerprint density at radius 1 is 1.35 bits per heavy atom. The zero-order valence-corrected chi connectivity index (χ0v) is 11.5. The molecule has 0 saturated carbocycles. The van der Waals surface area contributed by atoms with Crippen LogP contribution in [0.1, 0.15) is 43.9 Å². The second-order valence-corrected chi connectivity index (χ2v) is 5.07. The summed E-state index contributed by atoms with van der Waals surface area (Å²) in [5.74, 6) is 0.873. The number of aryl methyl sites for hydroxylation is 1. The van der Waals surface area contributed by atoms with Gasteiger partial charge >= 0.3 is 0 Å². The number of nitrogens with one attached hydrogen (secondary N) is 1. The largest absolute Gasteiger partial charge is 0.487 e. The van der Waals surface area contributed by atoms with Crippen molar-refractivity contribution in [2.75, 3.05) is 6.54 Å². The molecule has 0 amide bonds. The fraction of sp³-hybridized carbons (Fsp3) is 0.571. The van der Waals surface area contributed by atoms with Crippen LogP contribution < -0.4 is 10.1 Å². The van der Waals surface area contributed by atoms with Crippen LogP contribution in [-0.4, -0.2) is 12.6 Å². The van der Waals surface area contributed by atoms with Crippen LogP contribution in [0.3, 0.4) is 0 Å². The summed E-state index contributed by atoms with van der Waals surface area (Å²) in [6, 6.07) is 4.44. The predicted octanol–water partition coefficient (Wildman–Crippen LogP) is 3.86. The Bertz CT molecular complexity index is 405. The average Bonchev–Trinajstić information content (AvgIpc) is 2.64. The zero-order chi connectivity index (χ0) is 12.4. The minimum Gasteiger partial charge on any atom is -0.487 e. The molecular weight excluding hydrogens is 234 g/mol. The predicted molar refractivity (Wildman–Crippen MR) is 71.9 cm³/mol. The summed E-state index contributed by atoms with van der Waals surface area (Å²) in [6.45, 7) is 7.41. The van der Waals surface area contributed by atoms with Gasteiger partial charge in [0.25, 0.3) is 0 Å². The van der Waals surface area contributed by atoms with Gasteiger partial charge in [-0.25, -0.2) is 0 Å². The number of fused-ring (bicyclic) bond motifs is 1. The van der Waals surface area contributed by atoms with Gasteiger partial charge in [-0.2, -0.15) is 0 Å². The van der Waals surface area contributed by atoms with Crippen molar-refractivity contribution in [2.45, 2.75) is 45.8 Å². The van der Waals surface area contributed by atoms with Gasteiger partial charge in [-0.05, 0) is 37.9 Å². The van der Waals surface area contributed by atoms with Crippen molar-refractivity contribution in [3.05, 3.63) is 28.3 Å². The summed E-state index contributed by atoms with van der Waals surface area (Å²) < 4.78 is 5.96. The van der Waals surface area contributed by atoms with Crippen molar-refractivity contribution < 1.29 is 4.74 Å². The third kappa shape index (κ3) is 2.43. The van der Waals surface area contributed by atoms with E-state index >= 15 is 0 Å². The topological polar surface area (TPSA) is 21.3 Å². The Morgan fingerprint density at radius 3 is 2.76 bits per heavy atom. The molecule has 0 aromatic heterocycles. The van der Waals surface area contributed by atoms with Crippen LogP contribution in [0.15, 0.2) is 12.1 Å². The summed E-state index contributed by atoms with van der Waals surface area (Å²) in [5, 5.41) is 4.29. The lowest BCUT2D eigenvalue weighted by molar-refractivity contribution is 0.185. The van der Waals surface area contributed by atoms with Gasteiger partial charge < -0.3 is 10.1 Å². The maximum absolute atomic E-state index is 6.24. The quantitative estimate of drug-likeness (QED) is 0.880. The second kappa shape index (κ2) is 5.28. The molecule has 1 aromatic rings. The Morgan fingerprint density at radius 2 is 2.12 bits per heavy atom. The van der Waals surface area contributed by atoms with E-state index in [1.54, 1.807) is 0 Å². The summed E-state index contributed by atoms with van der Waals surface area (Å²) in [7, 11) is 0. The van der Waals surface area contributed by atoms with Crippen LogP contribution in [0.25, 0.3) is 0 Å². The second-order valence-electron chi connectivity index (χ2n) is 4.66. The van der Waals surface area contributed by atoms with Crippen LogP contribution in [0.2, 0.25) is 5.02 Å². The molecule has 0 saturated heterocycles. The molecule has 0 fully saturated rings. The molecule has 1 aliphatic rings. The van der Waals surface area contributed by atoms with Crippen molar-refractivity contribution in [1.29, 1.82) is 0 Å². The molecule has 17 heavy (non-hydrogen) atoms. The van der Waals surface area contributed by atoms with Crippen molar-refractivity contribution in [1.82, 2.24) is 5.32 Å². The van der Waals surface area contributed by atoms with Gasteiger partial charge in [-0.1, -0.05) is 31.5 Å². The highest BCUT2D eigenvalue weighted by Crippen LogP contribution is 2.43. The lowest BCUT2D eigenvalue weighted by Crippen LogP contribution is -2.31. The molecule has 0 radical (unpaired) electrons. The lowest BCUT2D eigenvalue weighted by Gasteiger charge is -2.18. The summed E-state index contributed by atoms with van der Waals surface area (Å²) in [6.07, 6.45) is 2.32. The van der Waals surface area contributed by atoms with Gasteiger partial charge in [0.2, 0.25) is 0 Å². The maximum atomic E-state index is 6.24. The van der Waals surface area contributed by atoms with E-state index in [9.17, 15) is 0 Å². The van der Waals surface area contributed by atoms with Crippen LogP contribution in [0.4, 0.5) is 0 Å². The monoisotopic (exact) mass is 253 g/mol. The van der Waals surface area contributed by atoms with E-state index < -0.39 is 0 Å². The first-order chi connectivity index (χ1) is 8.17. The molecule has 2 rings (SSSR count). The Labute approximate surface area is 108 Å². The SMILES string of the molecule is CCCNC1c2cc(C)cc(Cl)c2OC1CC. The highest BCUT2D eigenvalue weighted by molar-refractivity contribution is 6.32. The Kier molecular flexibility index (Phi) is 3.95. The molecule has 2 nitrogen and oxygen atoms in total. The third-order valence-corrected chi connectivity index (χ3v) is 3.49. The molecule has 0 aliphatic carbocycles. The van der Waals surface area contributed by atoms with Gasteiger partial charge in [0.05, 0.1) is 11.1 Å². The first-order valence-electron chi connectivity index (χ1n) is 6.37. The minimum absolute atomic E-state index is 0.204. The van der Waals surface area contributed by atoms with E-state index in [-0.39, 0.29) is 12.1 Å². The maximum Gasteiger partial charge on any atom is 0.143 e. The van der Waals surface area contributed by atoms with Gasteiger partial charge in [-0.15, -0.1) is 0 Å². The number of ether oxygens (including phenoxy) is 1. The van der Waals surface area contributed by atoms with E-state index in [0.29, 0.717) is 0 Å². The number of hydrogen-bond acceptors (Lipinski definition) is 2. The molecular formula is C14H20ClNO. The van der Waals surface area contributed by atoms with E-state index in [0.717, 1.165) is 30.2 Å². The van der Waals surface area contributed by atoms with E-state index in [4.69, 9.17) is 16.3 Å². The summed E-state index contributed by atoms with van der Waals surface area (Å²) >= 11 is 6.24. The molecule has 2 atom stereocenters. The molecule has 1 N–H and O–H groups in total. The average molecular weight is 254 g/mol. The highest BCUT2D eigenvalue weighted by Gasteiger charge is 2.34. The molecule has 3 heteroatoms. The lowest BCUT2D eigenvalue weighted by atomic mass is 10.00. The summed E-state index contributed by atoms with van der Waals surface area (Å²) in [4.78, 5) is 0. The molecule has 1 heterocycles. The van der Waals surface area contributed by atoms with Crippen molar-refractivity contribution >= 4 is 11.6 Å². The normalized spacial score (nSPS) is 22.4. The number of halogens is 1. The standard InChI is InChI=1S/C14H20ClNO/c1-4-6-16-13-10-7-9(3)8-11(15)14(10)17-12(13)5-2/h7-8,12-13,16H,4-6H2,1-3H3. The number of rotatable bonds is 4. The van der Waals surface area contributed by atoms with Crippen molar-refractivity contribution in [3.8, 4) is 5.75 Å². The third-order valence-electron chi connectivity index (χ3n) is 3.21. The molecule has 1 aromatic carbocycles. The first-order valence-corrected chi connectivity index (χ1v) is 6.75. The molecule has 94 valence electrons. The van der Waals surface area contributed by atoms with E-state index in [1.807, 2.05) is 6.07 Å². The van der Waals surface area contributed by atoms with Gasteiger partial charge in [0, 0.05) is 5.56 Å². The van der Waals surface area contributed by atoms with Crippen LogP contribution in [0.5, 0.6) is 5.75 Å². The molecule has 0 bridgehead atoms. The van der Waals surface area contributed by atoms with Crippen molar-refractivity contribution in [3.63, 3.8) is 0 Å². The van der Waals surface area contributed by atoms with Crippen LogP contribution >= 0.6 is 11.6 Å². The molecule has 0 spiro atoms. The smallest absolute Gasteiger partial charge is 0.143 e. The Hall–Kier alpha value is -0.730. The molecule has 1 aliphatic heterocycles. The molecule has 2 unspecified atom stereocenters. The zero-order valence-electron chi connectivity index (χ0n) is 10.7. The van der Waals surface area contributed by atoms with E-state index in [1.165, 1.54) is 11.1 Å². The minimum atomic E-state index is 0.204. The van der Waals surface area contributed by atoms with Gasteiger partial charge in [0.15, 0.2) is 0 Å². The fourth-order valence-corrected chi connectivity index (χ4v) is 2.72. The summed E-state index contributed by atoms with van der Waals surface area (Å²) in [5.41, 5.74) is 2.41. The van der Waals surface area contributed by atoms with Crippen LogP contribution in [-0.2, 0) is 0 Å². The van der Waals surface area contributed by atoms with E-state index in [2.05, 4.69) is 32.2 Å². The van der Waals surface area contributed by atoms with Gasteiger partial charge in [-0.3, -0.25) is 0 Å². The Balaban J connectivity index is 2.33. The number of hydrogen-bond donors (Lipinski definition) is 1. The van der Waals surface area contributed by atoms with Crippen LogP contribution in [0, 0.1) is 6.92 Å². The fourth-order valence-electron chi connectivity index (χ4n) is 2.39. The first kappa shape index (κ1) is 12.7.